The number of amides is 1. The number of hydrogen-bond donors (Lipinski definition) is 3. The van der Waals surface area contributed by atoms with Crippen LogP contribution in [0.4, 0.5) is 0 Å². The van der Waals surface area contributed by atoms with Crippen LogP contribution >= 0.6 is 15.9 Å². The minimum Gasteiger partial charge on any atom is -0.355 e. The number of carbonyl (C=O) groups excluding carboxylic acids is 1. The number of hydrogen-bond acceptors (Lipinski definition) is 4. The van der Waals surface area contributed by atoms with Crippen LogP contribution in [0.2, 0.25) is 0 Å². The van der Waals surface area contributed by atoms with Crippen molar-refractivity contribution in [2.45, 2.75) is 19.4 Å². The number of aromatic nitrogens is 2. The summed E-state index contributed by atoms with van der Waals surface area (Å²) in [6, 6.07) is 0. The van der Waals surface area contributed by atoms with Crippen molar-refractivity contribution in [2.75, 3.05) is 19.6 Å². The van der Waals surface area contributed by atoms with Crippen LogP contribution < -0.4 is 21.9 Å². The number of rotatable bonds is 5. The molecule has 0 aliphatic carbocycles. The van der Waals surface area contributed by atoms with Gasteiger partial charge in [-0.25, -0.2) is 4.79 Å². The van der Waals surface area contributed by atoms with Gasteiger partial charge in [0, 0.05) is 12.7 Å². The topological polar surface area (TPSA) is 96.0 Å². The molecule has 3 N–H and O–H groups in total. The van der Waals surface area contributed by atoms with E-state index in [-0.39, 0.29) is 16.9 Å². The first-order chi connectivity index (χ1) is 9.56. The highest BCUT2D eigenvalue weighted by molar-refractivity contribution is 9.10. The molecule has 1 saturated heterocycles. The van der Waals surface area contributed by atoms with Crippen LogP contribution in [0.15, 0.2) is 20.3 Å². The second-order valence-corrected chi connectivity index (χ2v) is 5.72. The maximum absolute atomic E-state index is 11.7. The molecule has 0 radical (unpaired) electrons. The molecule has 1 aromatic heterocycles. The van der Waals surface area contributed by atoms with E-state index >= 15 is 0 Å². The molecule has 1 aromatic rings. The standard InChI is InChI=1S/C12H17BrN4O3/c13-9-6-17(12(20)16-11(9)19)7-10(18)15-4-2-8-1-3-14-5-8/h6,8,14H,1-5,7H2,(H,15,18)(H,16,19,20). The van der Waals surface area contributed by atoms with Gasteiger partial charge in [-0.15, -0.1) is 0 Å². The Morgan fingerprint density at radius 3 is 3.00 bits per heavy atom. The Morgan fingerprint density at radius 1 is 1.50 bits per heavy atom. The molecule has 2 rings (SSSR count). The Morgan fingerprint density at radius 2 is 2.30 bits per heavy atom. The first-order valence-electron chi connectivity index (χ1n) is 6.53. The Labute approximate surface area is 123 Å². The Balaban J connectivity index is 1.83. The summed E-state index contributed by atoms with van der Waals surface area (Å²) < 4.78 is 1.39. The Kier molecular flexibility index (Phi) is 5.13. The summed E-state index contributed by atoms with van der Waals surface area (Å²) in [5.74, 6) is 0.372. The number of H-pyrrole nitrogens is 1. The van der Waals surface area contributed by atoms with Crippen LogP contribution in [-0.4, -0.2) is 35.1 Å². The fourth-order valence-electron chi connectivity index (χ4n) is 2.19. The minimum absolute atomic E-state index is 0.100. The predicted molar refractivity (Wildman–Crippen MR) is 77.6 cm³/mol. The first-order valence-corrected chi connectivity index (χ1v) is 7.32. The van der Waals surface area contributed by atoms with Crippen LogP contribution in [0.5, 0.6) is 0 Å². The molecule has 7 nitrogen and oxygen atoms in total. The maximum atomic E-state index is 11.7. The van der Waals surface area contributed by atoms with Crippen LogP contribution in [0, 0.1) is 5.92 Å². The molecular formula is C12H17BrN4O3. The molecule has 1 amide bonds. The van der Waals surface area contributed by atoms with Gasteiger partial charge in [0.25, 0.3) is 5.56 Å². The predicted octanol–water partition coefficient (Wildman–Crippen LogP) is -0.585. The van der Waals surface area contributed by atoms with Gasteiger partial charge < -0.3 is 10.6 Å². The second kappa shape index (κ2) is 6.85. The van der Waals surface area contributed by atoms with Gasteiger partial charge in [-0.05, 0) is 47.8 Å². The summed E-state index contributed by atoms with van der Waals surface area (Å²) in [5, 5.41) is 6.06. The summed E-state index contributed by atoms with van der Waals surface area (Å²) in [6.07, 6.45) is 3.40. The lowest BCUT2D eigenvalue weighted by molar-refractivity contribution is -0.121. The molecule has 0 saturated carbocycles. The monoisotopic (exact) mass is 344 g/mol. The Bertz CT molecular complexity index is 589. The van der Waals surface area contributed by atoms with Gasteiger partial charge >= 0.3 is 5.69 Å². The summed E-state index contributed by atoms with van der Waals surface area (Å²) in [6.45, 7) is 2.54. The summed E-state index contributed by atoms with van der Waals surface area (Å²) in [7, 11) is 0. The number of carbonyl (C=O) groups is 1. The number of halogens is 1. The van der Waals surface area contributed by atoms with Crippen molar-refractivity contribution in [3.8, 4) is 0 Å². The number of nitrogens with one attached hydrogen (secondary N) is 3. The third-order valence-corrected chi connectivity index (χ3v) is 3.88. The van der Waals surface area contributed by atoms with E-state index in [1.165, 1.54) is 6.20 Å². The molecule has 2 heterocycles. The van der Waals surface area contributed by atoms with E-state index in [9.17, 15) is 14.4 Å². The largest absolute Gasteiger partial charge is 0.355 e. The molecule has 1 aliphatic heterocycles. The van der Waals surface area contributed by atoms with Crippen molar-refractivity contribution in [1.82, 2.24) is 20.2 Å². The van der Waals surface area contributed by atoms with E-state index in [0.29, 0.717) is 12.5 Å². The van der Waals surface area contributed by atoms with Crippen molar-refractivity contribution in [2.24, 2.45) is 5.92 Å². The molecule has 1 aliphatic rings. The van der Waals surface area contributed by atoms with Crippen molar-refractivity contribution >= 4 is 21.8 Å². The Hall–Kier alpha value is -1.41. The number of nitrogens with zero attached hydrogens (tertiary/aromatic N) is 1. The first kappa shape index (κ1) is 15.0. The van der Waals surface area contributed by atoms with Crippen molar-refractivity contribution in [3.05, 3.63) is 31.5 Å². The van der Waals surface area contributed by atoms with Gasteiger partial charge in [-0.1, -0.05) is 0 Å². The zero-order valence-corrected chi connectivity index (χ0v) is 12.5. The lowest BCUT2D eigenvalue weighted by atomic mass is 10.1. The highest BCUT2D eigenvalue weighted by atomic mass is 79.9. The van der Waals surface area contributed by atoms with Crippen molar-refractivity contribution in [3.63, 3.8) is 0 Å². The molecule has 8 heteroatoms. The van der Waals surface area contributed by atoms with Gasteiger partial charge in [-0.3, -0.25) is 19.1 Å². The molecule has 110 valence electrons. The van der Waals surface area contributed by atoms with E-state index in [1.807, 2.05) is 0 Å². The minimum atomic E-state index is -0.589. The molecule has 20 heavy (non-hydrogen) atoms. The molecule has 0 spiro atoms. The zero-order valence-electron chi connectivity index (χ0n) is 10.9. The van der Waals surface area contributed by atoms with Gasteiger partial charge in [0.1, 0.15) is 6.54 Å². The summed E-state index contributed by atoms with van der Waals surface area (Å²) in [4.78, 5) is 36.6. The molecule has 1 atom stereocenters. The number of aromatic amines is 1. The van der Waals surface area contributed by atoms with Gasteiger partial charge in [0.2, 0.25) is 5.91 Å². The lowest BCUT2D eigenvalue weighted by Crippen LogP contribution is -2.36. The smallest absolute Gasteiger partial charge is 0.328 e. The molecular weight excluding hydrogens is 328 g/mol. The van der Waals surface area contributed by atoms with E-state index in [0.717, 1.165) is 30.5 Å². The molecule has 0 aromatic carbocycles. The zero-order chi connectivity index (χ0) is 14.5. The van der Waals surface area contributed by atoms with Gasteiger partial charge in [-0.2, -0.15) is 0 Å². The van der Waals surface area contributed by atoms with Crippen molar-refractivity contribution in [1.29, 1.82) is 0 Å². The normalized spacial score (nSPS) is 18.1. The highest BCUT2D eigenvalue weighted by Crippen LogP contribution is 2.10. The fraction of sp³-hybridized carbons (Fsp3) is 0.583. The molecule has 1 unspecified atom stereocenters. The van der Waals surface area contributed by atoms with Crippen molar-refractivity contribution < 1.29 is 4.79 Å². The van der Waals surface area contributed by atoms with E-state index in [4.69, 9.17) is 0 Å². The molecule has 1 fully saturated rings. The van der Waals surface area contributed by atoms with Crippen LogP contribution in [-0.2, 0) is 11.3 Å². The summed E-state index contributed by atoms with van der Waals surface area (Å²) in [5.41, 5.74) is -1.09. The van der Waals surface area contributed by atoms with E-state index in [2.05, 4.69) is 31.5 Å². The van der Waals surface area contributed by atoms with Crippen LogP contribution in [0.1, 0.15) is 12.8 Å². The average Bonchev–Trinajstić information content (AvgIpc) is 2.89. The van der Waals surface area contributed by atoms with Crippen LogP contribution in [0.3, 0.4) is 0 Å². The van der Waals surface area contributed by atoms with E-state index < -0.39 is 11.2 Å². The average molecular weight is 345 g/mol. The third-order valence-electron chi connectivity index (χ3n) is 3.32. The van der Waals surface area contributed by atoms with Gasteiger partial charge in [0.15, 0.2) is 0 Å². The van der Waals surface area contributed by atoms with E-state index in [1.54, 1.807) is 0 Å². The maximum Gasteiger partial charge on any atom is 0.328 e. The second-order valence-electron chi connectivity index (χ2n) is 4.86. The SMILES string of the molecule is O=C(Cn1cc(Br)c(=O)[nH]c1=O)NCCC1CCNC1. The third kappa shape index (κ3) is 4.04. The van der Waals surface area contributed by atoms with Gasteiger partial charge in [0.05, 0.1) is 4.47 Å². The lowest BCUT2D eigenvalue weighted by Gasteiger charge is -2.10. The fourth-order valence-corrected chi connectivity index (χ4v) is 2.53. The quantitative estimate of drug-likeness (QED) is 0.665. The van der Waals surface area contributed by atoms with Crippen LogP contribution in [0.25, 0.3) is 0 Å². The summed E-state index contributed by atoms with van der Waals surface area (Å²) >= 11 is 3.03. The molecule has 0 bridgehead atoms. The highest BCUT2D eigenvalue weighted by Gasteiger charge is 2.14.